The van der Waals surface area contributed by atoms with E-state index in [2.05, 4.69) is 38.3 Å². The van der Waals surface area contributed by atoms with Gasteiger partial charge in [0, 0.05) is 23.6 Å². The number of ether oxygens (including phenoxy) is 1. The molecule has 0 amide bonds. The van der Waals surface area contributed by atoms with E-state index in [0.29, 0.717) is 6.04 Å². The molecule has 1 saturated heterocycles. The number of nitrogens with one attached hydrogen (secondary N) is 1. The van der Waals surface area contributed by atoms with Crippen LogP contribution in [-0.2, 0) is 6.54 Å². The van der Waals surface area contributed by atoms with Crippen molar-refractivity contribution in [1.29, 1.82) is 0 Å². The van der Waals surface area contributed by atoms with Crippen molar-refractivity contribution in [3.05, 3.63) is 28.2 Å². The summed E-state index contributed by atoms with van der Waals surface area (Å²) >= 11 is 3.63. The molecule has 1 aromatic carbocycles. The van der Waals surface area contributed by atoms with E-state index in [-0.39, 0.29) is 0 Å². The van der Waals surface area contributed by atoms with Gasteiger partial charge >= 0.3 is 0 Å². The van der Waals surface area contributed by atoms with E-state index in [1.54, 1.807) is 7.11 Å². The minimum Gasteiger partial charge on any atom is -0.497 e. The molecule has 1 N–H and O–H groups in total. The van der Waals surface area contributed by atoms with Crippen LogP contribution in [-0.4, -0.2) is 38.2 Å². The first kappa shape index (κ1) is 13.8. The van der Waals surface area contributed by atoms with Crippen molar-refractivity contribution in [1.82, 2.24) is 10.2 Å². The van der Waals surface area contributed by atoms with Gasteiger partial charge in [-0.25, -0.2) is 0 Å². The van der Waals surface area contributed by atoms with Gasteiger partial charge in [0.1, 0.15) is 5.75 Å². The maximum atomic E-state index is 5.30. The molecule has 100 valence electrons. The van der Waals surface area contributed by atoms with Gasteiger partial charge in [-0.05, 0) is 50.2 Å². The number of nitrogens with zero attached hydrogens (tertiary/aromatic N) is 1. The van der Waals surface area contributed by atoms with E-state index in [0.717, 1.165) is 18.8 Å². The molecule has 1 fully saturated rings. The summed E-state index contributed by atoms with van der Waals surface area (Å²) < 4.78 is 6.46. The lowest BCUT2D eigenvalue weighted by Crippen LogP contribution is -2.36. The van der Waals surface area contributed by atoms with Gasteiger partial charge in [-0.3, -0.25) is 4.90 Å². The Kier molecular flexibility index (Phi) is 5.03. The molecule has 0 saturated carbocycles. The van der Waals surface area contributed by atoms with Crippen LogP contribution in [0.25, 0.3) is 0 Å². The van der Waals surface area contributed by atoms with Gasteiger partial charge in [0.05, 0.1) is 7.11 Å². The van der Waals surface area contributed by atoms with Gasteiger partial charge in [-0.15, -0.1) is 0 Å². The Morgan fingerprint density at radius 2 is 2.33 bits per heavy atom. The molecule has 3 nitrogen and oxygen atoms in total. The number of methoxy groups -OCH3 is 1. The molecule has 1 aliphatic heterocycles. The van der Waals surface area contributed by atoms with Crippen molar-refractivity contribution in [2.75, 3.05) is 27.2 Å². The molecule has 0 spiro atoms. The van der Waals surface area contributed by atoms with Gasteiger partial charge < -0.3 is 10.1 Å². The molecule has 4 heteroatoms. The smallest absolute Gasteiger partial charge is 0.119 e. The van der Waals surface area contributed by atoms with E-state index < -0.39 is 0 Å². The lowest BCUT2D eigenvalue weighted by molar-refractivity contribution is 0.241. The average molecular weight is 313 g/mol. The van der Waals surface area contributed by atoms with Gasteiger partial charge in [-0.1, -0.05) is 15.9 Å². The van der Waals surface area contributed by atoms with Crippen molar-refractivity contribution in [3.8, 4) is 5.75 Å². The fourth-order valence-corrected chi connectivity index (χ4v) is 2.96. The summed E-state index contributed by atoms with van der Waals surface area (Å²) in [6.07, 6.45) is 2.59. The Morgan fingerprint density at radius 1 is 1.50 bits per heavy atom. The molecule has 0 aromatic heterocycles. The molecular formula is C14H21BrN2O. The number of likely N-dealkylation sites (tertiary alicyclic amines) is 1. The van der Waals surface area contributed by atoms with Crippen molar-refractivity contribution < 1.29 is 4.74 Å². The first-order valence-electron chi connectivity index (χ1n) is 6.45. The lowest BCUT2D eigenvalue weighted by Gasteiger charge is -2.25. The molecule has 0 radical (unpaired) electrons. The van der Waals surface area contributed by atoms with Crippen molar-refractivity contribution >= 4 is 15.9 Å². The summed E-state index contributed by atoms with van der Waals surface area (Å²) in [5, 5.41) is 3.28. The lowest BCUT2D eigenvalue weighted by atomic mass is 10.1. The highest BCUT2D eigenvalue weighted by Gasteiger charge is 2.24. The number of hydrogen-bond donors (Lipinski definition) is 1. The summed E-state index contributed by atoms with van der Waals surface area (Å²) in [6, 6.07) is 6.84. The van der Waals surface area contributed by atoms with E-state index in [9.17, 15) is 0 Å². The zero-order valence-electron chi connectivity index (χ0n) is 11.1. The SMILES string of the molecule is CNCC1CCCN1Cc1cc(OC)ccc1Br. The summed E-state index contributed by atoms with van der Waals surface area (Å²) in [5.41, 5.74) is 1.30. The Hall–Kier alpha value is -0.580. The predicted octanol–water partition coefficient (Wildman–Crippen LogP) is 2.64. The zero-order chi connectivity index (χ0) is 13.0. The number of hydrogen-bond acceptors (Lipinski definition) is 3. The van der Waals surface area contributed by atoms with E-state index in [4.69, 9.17) is 4.74 Å². The first-order chi connectivity index (χ1) is 8.74. The highest BCUT2D eigenvalue weighted by Crippen LogP contribution is 2.26. The van der Waals surface area contributed by atoms with Gasteiger partial charge in [0.2, 0.25) is 0 Å². The number of benzene rings is 1. The maximum Gasteiger partial charge on any atom is 0.119 e. The average Bonchev–Trinajstić information content (AvgIpc) is 2.80. The summed E-state index contributed by atoms with van der Waals surface area (Å²) in [4.78, 5) is 2.55. The second-order valence-corrected chi connectivity index (χ2v) is 5.64. The maximum absolute atomic E-state index is 5.30. The Labute approximate surface area is 118 Å². The second kappa shape index (κ2) is 6.55. The second-order valence-electron chi connectivity index (χ2n) is 4.78. The van der Waals surface area contributed by atoms with Crippen LogP contribution in [0.3, 0.4) is 0 Å². The highest BCUT2D eigenvalue weighted by molar-refractivity contribution is 9.10. The van der Waals surface area contributed by atoms with Crippen LogP contribution in [0.5, 0.6) is 5.75 Å². The summed E-state index contributed by atoms with van der Waals surface area (Å²) in [5.74, 6) is 0.928. The quantitative estimate of drug-likeness (QED) is 0.904. The number of rotatable bonds is 5. The molecule has 0 bridgehead atoms. The summed E-state index contributed by atoms with van der Waals surface area (Å²) in [7, 11) is 3.74. The Morgan fingerprint density at radius 3 is 3.06 bits per heavy atom. The van der Waals surface area contributed by atoms with Crippen LogP contribution in [0.2, 0.25) is 0 Å². The van der Waals surface area contributed by atoms with Crippen LogP contribution in [0.15, 0.2) is 22.7 Å². The normalized spacial score (nSPS) is 20.3. The Balaban J connectivity index is 2.08. The predicted molar refractivity (Wildman–Crippen MR) is 78.1 cm³/mol. The third kappa shape index (κ3) is 3.25. The van der Waals surface area contributed by atoms with Crippen molar-refractivity contribution in [2.45, 2.75) is 25.4 Å². The third-order valence-electron chi connectivity index (χ3n) is 3.57. The van der Waals surface area contributed by atoms with Crippen molar-refractivity contribution in [3.63, 3.8) is 0 Å². The monoisotopic (exact) mass is 312 g/mol. The van der Waals surface area contributed by atoms with Crippen LogP contribution in [0.4, 0.5) is 0 Å². The fourth-order valence-electron chi connectivity index (χ4n) is 2.59. The highest BCUT2D eigenvalue weighted by atomic mass is 79.9. The molecule has 1 aromatic rings. The molecule has 0 aliphatic carbocycles. The fraction of sp³-hybridized carbons (Fsp3) is 0.571. The van der Waals surface area contributed by atoms with Gasteiger partial charge in [-0.2, -0.15) is 0 Å². The van der Waals surface area contributed by atoms with Crippen molar-refractivity contribution in [2.24, 2.45) is 0 Å². The molecular weight excluding hydrogens is 292 g/mol. The molecule has 1 aliphatic rings. The first-order valence-corrected chi connectivity index (χ1v) is 7.25. The molecule has 2 rings (SSSR count). The van der Waals surface area contributed by atoms with Crippen LogP contribution in [0.1, 0.15) is 18.4 Å². The topological polar surface area (TPSA) is 24.5 Å². The zero-order valence-corrected chi connectivity index (χ0v) is 12.7. The standard InChI is InChI=1S/C14H21BrN2O/c1-16-9-12-4-3-7-17(12)10-11-8-13(18-2)5-6-14(11)15/h5-6,8,12,16H,3-4,7,9-10H2,1-2H3. The van der Waals surface area contributed by atoms with Crippen LogP contribution >= 0.6 is 15.9 Å². The largest absolute Gasteiger partial charge is 0.497 e. The Bertz CT molecular complexity index is 397. The van der Waals surface area contributed by atoms with Gasteiger partial charge in [0.15, 0.2) is 0 Å². The minimum atomic E-state index is 0.660. The van der Waals surface area contributed by atoms with Crippen LogP contribution in [0, 0.1) is 0 Å². The van der Waals surface area contributed by atoms with E-state index in [1.165, 1.54) is 29.4 Å². The molecule has 1 unspecified atom stereocenters. The van der Waals surface area contributed by atoms with Gasteiger partial charge in [0.25, 0.3) is 0 Å². The summed E-state index contributed by atoms with van der Waals surface area (Å²) in [6.45, 7) is 3.25. The molecule has 1 heterocycles. The minimum absolute atomic E-state index is 0.660. The third-order valence-corrected chi connectivity index (χ3v) is 4.34. The number of likely N-dealkylation sites (N-methyl/N-ethyl adjacent to an activating group) is 1. The molecule has 1 atom stereocenters. The van der Waals surface area contributed by atoms with E-state index >= 15 is 0 Å². The van der Waals surface area contributed by atoms with E-state index in [1.807, 2.05) is 13.1 Å². The number of halogens is 1. The molecule has 18 heavy (non-hydrogen) atoms. The van der Waals surface area contributed by atoms with Crippen LogP contribution < -0.4 is 10.1 Å².